The summed E-state index contributed by atoms with van der Waals surface area (Å²) in [6.07, 6.45) is 1.91. The van der Waals surface area contributed by atoms with Gasteiger partial charge < -0.3 is 14.8 Å². The molecule has 0 saturated carbocycles. The van der Waals surface area contributed by atoms with Gasteiger partial charge in [0.25, 0.3) is 5.91 Å². The summed E-state index contributed by atoms with van der Waals surface area (Å²) in [6.45, 7) is 1.98. The third kappa shape index (κ3) is 3.50. The standard InChI is InChI=1S/C16H15NO3/c1-12-11-14(8-7-13(12)5-2-3-9-18)17-16(19)15-6-4-10-20-15/h4,6-8,10-11,18H,3,9H2,1H3,(H,17,19). The largest absolute Gasteiger partial charge is 0.459 e. The van der Waals surface area contributed by atoms with E-state index in [0.717, 1.165) is 11.1 Å². The lowest BCUT2D eigenvalue weighted by atomic mass is 10.1. The molecule has 0 atom stereocenters. The first-order chi connectivity index (χ1) is 9.70. The fraction of sp³-hybridized carbons (Fsp3) is 0.188. The van der Waals surface area contributed by atoms with Gasteiger partial charge in [0.2, 0.25) is 0 Å². The fourth-order valence-electron chi connectivity index (χ4n) is 1.70. The van der Waals surface area contributed by atoms with Gasteiger partial charge in [-0.05, 0) is 42.8 Å². The quantitative estimate of drug-likeness (QED) is 0.842. The van der Waals surface area contributed by atoms with E-state index in [9.17, 15) is 4.79 Å². The van der Waals surface area contributed by atoms with Crippen molar-refractivity contribution >= 4 is 11.6 Å². The Bertz CT molecular complexity index is 648. The summed E-state index contributed by atoms with van der Waals surface area (Å²) in [7, 11) is 0. The Kier molecular flexibility index (Phi) is 4.59. The number of aliphatic hydroxyl groups excluding tert-OH is 1. The molecule has 0 unspecified atom stereocenters. The van der Waals surface area contributed by atoms with Gasteiger partial charge in [-0.15, -0.1) is 0 Å². The minimum absolute atomic E-state index is 0.0589. The van der Waals surface area contributed by atoms with Crippen LogP contribution in [0.2, 0.25) is 0 Å². The van der Waals surface area contributed by atoms with Crippen molar-refractivity contribution < 1.29 is 14.3 Å². The number of hydrogen-bond donors (Lipinski definition) is 2. The van der Waals surface area contributed by atoms with Crippen LogP contribution >= 0.6 is 0 Å². The third-order valence-electron chi connectivity index (χ3n) is 2.69. The highest BCUT2D eigenvalue weighted by Gasteiger charge is 2.08. The van der Waals surface area contributed by atoms with Crippen LogP contribution in [0.1, 0.15) is 28.1 Å². The van der Waals surface area contributed by atoms with Crippen molar-refractivity contribution in [2.75, 3.05) is 11.9 Å². The molecule has 0 aliphatic carbocycles. The van der Waals surface area contributed by atoms with E-state index in [1.54, 1.807) is 18.2 Å². The molecule has 1 aromatic carbocycles. The summed E-state index contributed by atoms with van der Waals surface area (Å²) in [5, 5.41) is 11.4. The number of aliphatic hydroxyl groups is 1. The first-order valence-electron chi connectivity index (χ1n) is 6.26. The van der Waals surface area contributed by atoms with Crippen LogP contribution in [0.3, 0.4) is 0 Å². The van der Waals surface area contributed by atoms with E-state index in [1.807, 2.05) is 19.1 Å². The van der Waals surface area contributed by atoms with Crippen molar-refractivity contribution in [1.82, 2.24) is 0 Å². The molecule has 4 heteroatoms. The van der Waals surface area contributed by atoms with Crippen LogP contribution in [0.25, 0.3) is 0 Å². The van der Waals surface area contributed by atoms with E-state index >= 15 is 0 Å². The monoisotopic (exact) mass is 269 g/mol. The van der Waals surface area contributed by atoms with Gasteiger partial charge in [-0.2, -0.15) is 0 Å². The maximum atomic E-state index is 11.8. The Balaban J connectivity index is 2.10. The van der Waals surface area contributed by atoms with Crippen molar-refractivity contribution in [3.63, 3.8) is 0 Å². The number of carbonyl (C=O) groups is 1. The average molecular weight is 269 g/mol. The van der Waals surface area contributed by atoms with Crippen LogP contribution in [0, 0.1) is 18.8 Å². The lowest BCUT2D eigenvalue weighted by molar-refractivity contribution is 0.0996. The molecule has 102 valence electrons. The third-order valence-corrected chi connectivity index (χ3v) is 2.69. The van der Waals surface area contributed by atoms with Crippen molar-refractivity contribution in [2.24, 2.45) is 0 Å². The number of hydrogen-bond acceptors (Lipinski definition) is 3. The minimum atomic E-state index is -0.284. The van der Waals surface area contributed by atoms with Crippen molar-refractivity contribution in [2.45, 2.75) is 13.3 Å². The van der Waals surface area contributed by atoms with Crippen LogP contribution in [-0.4, -0.2) is 17.6 Å². The predicted octanol–water partition coefficient (Wildman–Crippen LogP) is 2.57. The topological polar surface area (TPSA) is 62.5 Å². The zero-order valence-corrected chi connectivity index (χ0v) is 11.1. The number of benzene rings is 1. The van der Waals surface area contributed by atoms with E-state index in [2.05, 4.69) is 17.2 Å². The summed E-state index contributed by atoms with van der Waals surface area (Å²) in [6, 6.07) is 8.76. The minimum Gasteiger partial charge on any atom is -0.459 e. The molecule has 1 heterocycles. The molecule has 20 heavy (non-hydrogen) atoms. The van der Waals surface area contributed by atoms with Crippen molar-refractivity contribution in [3.05, 3.63) is 53.5 Å². The van der Waals surface area contributed by atoms with Gasteiger partial charge in [0, 0.05) is 17.7 Å². The number of aryl methyl sites for hydroxylation is 1. The first-order valence-corrected chi connectivity index (χ1v) is 6.26. The van der Waals surface area contributed by atoms with E-state index in [0.29, 0.717) is 12.1 Å². The SMILES string of the molecule is Cc1cc(NC(=O)c2ccco2)ccc1C#CCCO. The second-order valence-corrected chi connectivity index (χ2v) is 4.24. The molecule has 0 radical (unpaired) electrons. The van der Waals surface area contributed by atoms with Crippen molar-refractivity contribution in [3.8, 4) is 11.8 Å². The molecule has 2 aromatic rings. The molecule has 0 bridgehead atoms. The van der Waals surface area contributed by atoms with Crippen LogP contribution in [0.5, 0.6) is 0 Å². The summed E-state index contributed by atoms with van der Waals surface area (Å²) < 4.78 is 5.03. The molecule has 0 saturated heterocycles. The molecule has 2 N–H and O–H groups in total. The molecule has 0 fully saturated rings. The second-order valence-electron chi connectivity index (χ2n) is 4.24. The summed E-state index contributed by atoms with van der Waals surface area (Å²) in [5.41, 5.74) is 2.54. The van der Waals surface area contributed by atoms with Crippen LogP contribution in [0.15, 0.2) is 41.0 Å². The van der Waals surface area contributed by atoms with Crippen LogP contribution in [0.4, 0.5) is 5.69 Å². The molecule has 0 spiro atoms. The number of nitrogens with one attached hydrogen (secondary N) is 1. The molecule has 0 aliphatic rings. The predicted molar refractivity (Wildman–Crippen MR) is 76.4 cm³/mol. The summed E-state index contributed by atoms with van der Waals surface area (Å²) in [4.78, 5) is 11.8. The van der Waals surface area contributed by atoms with Crippen LogP contribution < -0.4 is 5.32 Å². The molecular formula is C16H15NO3. The summed E-state index contributed by atoms with van der Waals surface area (Å²) in [5.74, 6) is 5.84. The van der Waals surface area contributed by atoms with Gasteiger partial charge in [-0.3, -0.25) is 4.79 Å². The summed E-state index contributed by atoms with van der Waals surface area (Å²) >= 11 is 0. The Morgan fingerprint density at radius 1 is 1.40 bits per heavy atom. The first kappa shape index (κ1) is 13.9. The number of furan rings is 1. The maximum Gasteiger partial charge on any atom is 0.291 e. The normalized spacial score (nSPS) is 9.70. The lowest BCUT2D eigenvalue weighted by Crippen LogP contribution is -2.10. The van der Waals surface area contributed by atoms with Gasteiger partial charge in [0.15, 0.2) is 5.76 Å². The van der Waals surface area contributed by atoms with E-state index in [1.165, 1.54) is 6.26 Å². The number of carbonyl (C=O) groups excluding carboxylic acids is 1. The molecule has 1 amide bonds. The highest BCUT2D eigenvalue weighted by molar-refractivity contribution is 6.02. The van der Waals surface area contributed by atoms with Gasteiger partial charge in [0.1, 0.15) is 0 Å². The van der Waals surface area contributed by atoms with E-state index < -0.39 is 0 Å². The smallest absolute Gasteiger partial charge is 0.291 e. The molecule has 1 aromatic heterocycles. The Labute approximate surface area is 117 Å². The lowest BCUT2D eigenvalue weighted by Gasteiger charge is -2.05. The molecule has 0 aliphatic heterocycles. The fourth-order valence-corrected chi connectivity index (χ4v) is 1.70. The number of rotatable bonds is 3. The Hall–Kier alpha value is -2.51. The average Bonchev–Trinajstić information content (AvgIpc) is 2.95. The van der Waals surface area contributed by atoms with E-state index in [4.69, 9.17) is 9.52 Å². The molecule has 2 rings (SSSR count). The van der Waals surface area contributed by atoms with Gasteiger partial charge in [0.05, 0.1) is 12.9 Å². The molecular weight excluding hydrogens is 254 g/mol. The molecule has 4 nitrogen and oxygen atoms in total. The highest BCUT2D eigenvalue weighted by Crippen LogP contribution is 2.15. The number of anilines is 1. The van der Waals surface area contributed by atoms with Crippen molar-refractivity contribution in [1.29, 1.82) is 0 Å². The highest BCUT2D eigenvalue weighted by atomic mass is 16.3. The van der Waals surface area contributed by atoms with E-state index in [-0.39, 0.29) is 18.3 Å². The maximum absolute atomic E-state index is 11.8. The second kappa shape index (κ2) is 6.60. The van der Waals surface area contributed by atoms with Gasteiger partial charge >= 0.3 is 0 Å². The Morgan fingerprint density at radius 2 is 2.25 bits per heavy atom. The van der Waals surface area contributed by atoms with Crippen LogP contribution in [-0.2, 0) is 0 Å². The zero-order valence-electron chi connectivity index (χ0n) is 11.1. The van der Waals surface area contributed by atoms with Gasteiger partial charge in [-0.25, -0.2) is 0 Å². The Morgan fingerprint density at radius 3 is 2.90 bits per heavy atom. The van der Waals surface area contributed by atoms with Gasteiger partial charge in [-0.1, -0.05) is 11.8 Å². The zero-order chi connectivity index (χ0) is 14.4. The number of amides is 1.